The zero-order valence-corrected chi connectivity index (χ0v) is 13.6. The van der Waals surface area contributed by atoms with Gasteiger partial charge in [0.1, 0.15) is 0 Å². The maximum absolute atomic E-state index is 12.3. The van der Waals surface area contributed by atoms with Gasteiger partial charge < -0.3 is 0 Å². The number of aromatic nitrogens is 4. The van der Waals surface area contributed by atoms with Crippen LogP contribution in [0.1, 0.15) is 19.4 Å². The summed E-state index contributed by atoms with van der Waals surface area (Å²) in [6.45, 7) is 7.03. The molecule has 0 aliphatic rings. The molecule has 0 saturated heterocycles. The Labute approximate surface area is 135 Å². The zero-order chi connectivity index (χ0) is 16.4. The highest BCUT2D eigenvalue weighted by atomic mass is 16.1. The first-order valence-corrected chi connectivity index (χ1v) is 7.74. The van der Waals surface area contributed by atoms with E-state index in [0.29, 0.717) is 11.6 Å². The Bertz CT molecular complexity index is 876. The minimum Gasteiger partial charge on any atom is -0.287 e. The van der Waals surface area contributed by atoms with E-state index in [1.54, 1.807) is 23.1 Å². The molecular formula is C18H20N4O. The third kappa shape index (κ3) is 3.23. The number of hydrogen-bond acceptors (Lipinski definition) is 3. The van der Waals surface area contributed by atoms with E-state index in [4.69, 9.17) is 0 Å². The van der Waals surface area contributed by atoms with E-state index < -0.39 is 0 Å². The van der Waals surface area contributed by atoms with Crippen LogP contribution in [0.3, 0.4) is 0 Å². The molecular weight excluding hydrogens is 288 g/mol. The molecule has 3 rings (SSSR count). The summed E-state index contributed by atoms with van der Waals surface area (Å²) in [7, 11) is 0. The van der Waals surface area contributed by atoms with Gasteiger partial charge in [0.15, 0.2) is 5.69 Å². The molecule has 0 fully saturated rings. The van der Waals surface area contributed by atoms with Gasteiger partial charge >= 0.3 is 0 Å². The number of nitrogens with zero attached hydrogens (tertiary/aromatic N) is 4. The second-order valence-electron chi connectivity index (χ2n) is 6.10. The van der Waals surface area contributed by atoms with E-state index >= 15 is 0 Å². The zero-order valence-electron chi connectivity index (χ0n) is 13.6. The summed E-state index contributed by atoms with van der Waals surface area (Å²) >= 11 is 0. The Morgan fingerprint density at radius 2 is 2.00 bits per heavy atom. The summed E-state index contributed by atoms with van der Waals surface area (Å²) < 4.78 is 3.57. The van der Waals surface area contributed by atoms with Crippen LogP contribution < -0.4 is 5.43 Å². The molecule has 3 aromatic rings. The lowest BCUT2D eigenvalue weighted by atomic mass is 10.2. The highest BCUT2D eigenvalue weighted by molar-refractivity contribution is 5.53. The summed E-state index contributed by atoms with van der Waals surface area (Å²) in [6.07, 6.45) is 3.41. The van der Waals surface area contributed by atoms with Crippen molar-refractivity contribution in [1.82, 2.24) is 19.6 Å². The average molecular weight is 308 g/mol. The molecule has 0 radical (unpaired) electrons. The molecule has 0 aliphatic heterocycles. The topological polar surface area (TPSA) is 52.7 Å². The van der Waals surface area contributed by atoms with Crippen molar-refractivity contribution in [2.45, 2.75) is 27.3 Å². The number of aryl methyl sites for hydroxylation is 1. The molecule has 23 heavy (non-hydrogen) atoms. The number of hydrogen-bond donors (Lipinski definition) is 0. The van der Waals surface area contributed by atoms with Gasteiger partial charge in [-0.3, -0.25) is 9.48 Å². The predicted molar refractivity (Wildman–Crippen MR) is 90.6 cm³/mol. The molecule has 0 spiro atoms. The third-order valence-corrected chi connectivity index (χ3v) is 3.57. The largest absolute Gasteiger partial charge is 0.287 e. The molecule has 5 nitrogen and oxygen atoms in total. The van der Waals surface area contributed by atoms with Crippen LogP contribution in [-0.2, 0) is 6.54 Å². The summed E-state index contributed by atoms with van der Waals surface area (Å²) in [5.41, 5.74) is 3.16. The summed E-state index contributed by atoms with van der Waals surface area (Å²) in [5.74, 6) is 0.441. The van der Waals surface area contributed by atoms with E-state index in [-0.39, 0.29) is 5.43 Å². The first-order chi connectivity index (χ1) is 11.0. The Morgan fingerprint density at radius 3 is 2.74 bits per heavy atom. The van der Waals surface area contributed by atoms with Crippen molar-refractivity contribution in [2.75, 3.05) is 0 Å². The molecule has 5 heteroatoms. The molecule has 0 bridgehead atoms. The van der Waals surface area contributed by atoms with Crippen molar-refractivity contribution < 1.29 is 0 Å². The van der Waals surface area contributed by atoms with Gasteiger partial charge in [0.25, 0.3) is 0 Å². The van der Waals surface area contributed by atoms with Crippen LogP contribution in [-0.4, -0.2) is 19.6 Å². The second kappa shape index (κ2) is 6.20. The van der Waals surface area contributed by atoms with Crippen LogP contribution in [0.5, 0.6) is 0 Å². The van der Waals surface area contributed by atoms with Gasteiger partial charge in [0, 0.05) is 25.0 Å². The fraction of sp³-hybridized carbons (Fsp3) is 0.278. The Balaban J connectivity index is 2.09. The van der Waals surface area contributed by atoms with Crippen LogP contribution in [0.15, 0.2) is 53.6 Å². The van der Waals surface area contributed by atoms with Crippen LogP contribution in [0, 0.1) is 12.8 Å². The Hall–Kier alpha value is -2.69. The monoisotopic (exact) mass is 308 g/mol. The van der Waals surface area contributed by atoms with E-state index in [1.165, 1.54) is 0 Å². The van der Waals surface area contributed by atoms with Crippen LogP contribution in [0.25, 0.3) is 17.1 Å². The number of rotatable bonds is 4. The smallest absolute Gasteiger partial charge is 0.209 e. The fourth-order valence-electron chi connectivity index (χ4n) is 2.52. The third-order valence-electron chi connectivity index (χ3n) is 3.57. The van der Waals surface area contributed by atoms with Crippen molar-refractivity contribution in [1.29, 1.82) is 0 Å². The first-order valence-electron chi connectivity index (χ1n) is 7.74. The standard InChI is InChI=1S/C18H20N4O/c1-13(2)12-22-16(7-9-19-22)18-17(23)8-10-21(20-18)15-6-4-5-14(3)11-15/h4-11,13H,12H2,1-3H3. The lowest BCUT2D eigenvalue weighted by Crippen LogP contribution is -2.16. The highest BCUT2D eigenvalue weighted by Gasteiger charge is 2.13. The van der Waals surface area contributed by atoms with Crippen LogP contribution >= 0.6 is 0 Å². The fourth-order valence-corrected chi connectivity index (χ4v) is 2.52. The van der Waals surface area contributed by atoms with Crippen molar-refractivity contribution in [3.63, 3.8) is 0 Å². The molecule has 0 unspecified atom stereocenters. The summed E-state index contributed by atoms with van der Waals surface area (Å²) in [6, 6.07) is 11.4. The van der Waals surface area contributed by atoms with Crippen molar-refractivity contribution in [3.05, 3.63) is 64.6 Å². The molecule has 1 aromatic carbocycles. The highest BCUT2D eigenvalue weighted by Crippen LogP contribution is 2.15. The van der Waals surface area contributed by atoms with E-state index in [9.17, 15) is 4.79 Å². The van der Waals surface area contributed by atoms with Gasteiger partial charge in [-0.05, 0) is 36.6 Å². The number of benzene rings is 1. The van der Waals surface area contributed by atoms with Gasteiger partial charge in [-0.2, -0.15) is 10.2 Å². The van der Waals surface area contributed by atoms with Gasteiger partial charge in [-0.25, -0.2) is 4.68 Å². The SMILES string of the molecule is Cc1cccc(-n2ccc(=O)c(-c3ccnn3CC(C)C)n2)c1. The van der Waals surface area contributed by atoms with E-state index in [2.05, 4.69) is 24.0 Å². The maximum atomic E-state index is 12.3. The second-order valence-corrected chi connectivity index (χ2v) is 6.10. The van der Waals surface area contributed by atoms with Gasteiger partial charge in [-0.1, -0.05) is 26.0 Å². The molecule has 0 saturated carbocycles. The molecule has 0 aliphatic carbocycles. The molecule has 0 N–H and O–H groups in total. The minimum atomic E-state index is -0.0978. The maximum Gasteiger partial charge on any atom is 0.209 e. The van der Waals surface area contributed by atoms with Crippen LogP contribution in [0.4, 0.5) is 0 Å². The molecule has 2 heterocycles. The first kappa shape index (κ1) is 15.2. The lowest BCUT2D eigenvalue weighted by Gasteiger charge is -2.11. The van der Waals surface area contributed by atoms with Gasteiger partial charge in [0.05, 0.1) is 11.4 Å². The summed E-state index contributed by atoms with van der Waals surface area (Å²) in [4.78, 5) is 12.3. The minimum absolute atomic E-state index is 0.0978. The van der Waals surface area contributed by atoms with Crippen molar-refractivity contribution in [2.24, 2.45) is 5.92 Å². The summed E-state index contributed by atoms with van der Waals surface area (Å²) in [5, 5.41) is 8.86. The van der Waals surface area contributed by atoms with Crippen molar-refractivity contribution in [3.8, 4) is 17.1 Å². The predicted octanol–water partition coefficient (Wildman–Crippen LogP) is 3.06. The Kier molecular flexibility index (Phi) is 4.10. The van der Waals surface area contributed by atoms with Gasteiger partial charge in [-0.15, -0.1) is 0 Å². The molecule has 0 atom stereocenters. The Morgan fingerprint density at radius 1 is 1.17 bits per heavy atom. The van der Waals surface area contributed by atoms with E-state index in [1.807, 2.05) is 41.9 Å². The molecule has 118 valence electrons. The average Bonchev–Trinajstić information content (AvgIpc) is 2.95. The van der Waals surface area contributed by atoms with Crippen molar-refractivity contribution >= 4 is 0 Å². The van der Waals surface area contributed by atoms with E-state index in [0.717, 1.165) is 23.5 Å². The van der Waals surface area contributed by atoms with Gasteiger partial charge in [0.2, 0.25) is 5.43 Å². The molecule has 2 aromatic heterocycles. The quantitative estimate of drug-likeness (QED) is 0.744. The normalized spacial score (nSPS) is 11.1. The van der Waals surface area contributed by atoms with Crippen LogP contribution in [0.2, 0.25) is 0 Å². The lowest BCUT2D eigenvalue weighted by molar-refractivity contribution is 0.486. The molecule has 0 amide bonds.